The van der Waals surface area contributed by atoms with Crippen LogP contribution < -0.4 is 0 Å². The quantitative estimate of drug-likeness (QED) is 0.315. The molecule has 2 N–H and O–H groups in total. The SMILES string of the molecule is C[C@]12C[C@H](c3ccc(Br)cc3)C3=C4CCC5(C[C@]4(O)CCC3C1CC[C@@]2(O)C#CC(F)(F)F)OCCO5. The van der Waals surface area contributed by atoms with Gasteiger partial charge in [0.15, 0.2) is 5.79 Å². The van der Waals surface area contributed by atoms with E-state index in [4.69, 9.17) is 9.47 Å². The van der Waals surface area contributed by atoms with Crippen LogP contribution in [-0.4, -0.2) is 46.6 Å². The summed E-state index contributed by atoms with van der Waals surface area (Å²) in [4.78, 5) is 0. The number of alkyl halides is 3. The van der Waals surface area contributed by atoms with Gasteiger partial charge in [0.25, 0.3) is 0 Å². The summed E-state index contributed by atoms with van der Waals surface area (Å²) in [6.07, 6.45) is -0.331. The van der Waals surface area contributed by atoms with Crippen molar-refractivity contribution in [3.63, 3.8) is 0 Å². The Balaban J connectivity index is 1.47. The zero-order chi connectivity index (χ0) is 26.3. The lowest BCUT2D eigenvalue weighted by Crippen LogP contribution is -2.55. The first kappa shape index (κ1) is 25.9. The van der Waals surface area contributed by atoms with E-state index in [-0.39, 0.29) is 24.2 Å². The summed E-state index contributed by atoms with van der Waals surface area (Å²) >= 11 is 3.50. The zero-order valence-electron chi connectivity index (χ0n) is 20.8. The molecule has 6 rings (SSSR count). The molecular weight excluding hydrogens is 549 g/mol. The van der Waals surface area contributed by atoms with Crippen molar-refractivity contribution in [3.8, 4) is 11.8 Å². The van der Waals surface area contributed by atoms with E-state index in [1.165, 1.54) is 11.5 Å². The van der Waals surface area contributed by atoms with Gasteiger partial charge in [-0.25, -0.2) is 0 Å². The number of ether oxygens (including phenoxy) is 2. The average molecular weight is 581 g/mol. The number of benzene rings is 1. The maximum absolute atomic E-state index is 13.1. The van der Waals surface area contributed by atoms with E-state index in [1.807, 2.05) is 31.2 Å². The van der Waals surface area contributed by atoms with Crippen LogP contribution in [0.1, 0.15) is 69.8 Å². The van der Waals surface area contributed by atoms with Crippen molar-refractivity contribution in [3.05, 3.63) is 45.4 Å². The highest BCUT2D eigenvalue weighted by molar-refractivity contribution is 9.10. The molecule has 37 heavy (non-hydrogen) atoms. The molecule has 4 fully saturated rings. The number of aliphatic hydroxyl groups is 2. The zero-order valence-corrected chi connectivity index (χ0v) is 22.4. The third-order valence-corrected chi connectivity index (χ3v) is 10.6. The standard InChI is InChI=1S/C29H32BrF3O4/c1-25-16-21(18-2-4-19(30)5-3-18)24-20(22(25)7-10-27(25,35)12-13-29(31,32)33)6-9-26(34)17-28(11-8-23(24)26)36-14-15-37-28/h2-5,20-22,34-35H,6-11,14-17H2,1H3/t20?,21-,22?,25+,26-,27-/m1/s1. The van der Waals surface area contributed by atoms with Crippen LogP contribution in [0.4, 0.5) is 13.2 Å². The Morgan fingerprint density at radius 1 is 1.03 bits per heavy atom. The first-order valence-corrected chi connectivity index (χ1v) is 14.0. The Morgan fingerprint density at radius 2 is 1.73 bits per heavy atom. The fourth-order valence-electron chi connectivity index (χ4n) is 8.39. The Hall–Kier alpha value is -1.37. The van der Waals surface area contributed by atoms with E-state index in [0.29, 0.717) is 58.2 Å². The van der Waals surface area contributed by atoms with Crippen LogP contribution in [0.3, 0.4) is 0 Å². The molecule has 0 radical (unpaired) electrons. The minimum Gasteiger partial charge on any atom is -0.385 e. The Bertz CT molecular complexity index is 1180. The highest BCUT2D eigenvalue weighted by Gasteiger charge is 2.64. The van der Waals surface area contributed by atoms with E-state index < -0.39 is 28.6 Å². The second-order valence-electron chi connectivity index (χ2n) is 11.9. The van der Waals surface area contributed by atoms with Gasteiger partial charge in [0.1, 0.15) is 5.60 Å². The number of allylic oxidation sites excluding steroid dienone is 1. The van der Waals surface area contributed by atoms with Crippen molar-refractivity contribution < 1.29 is 32.9 Å². The predicted molar refractivity (Wildman–Crippen MR) is 134 cm³/mol. The normalized spacial score (nSPS) is 40.6. The molecule has 2 unspecified atom stereocenters. The number of fused-ring (bicyclic) bond motifs is 4. The minimum absolute atomic E-state index is 0.00588. The largest absolute Gasteiger partial charge is 0.457 e. The van der Waals surface area contributed by atoms with E-state index >= 15 is 0 Å². The van der Waals surface area contributed by atoms with Crippen molar-refractivity contribution >= 4 is 15.9 Å². The highest BCUT2D eigenvalue weighted by atomic mass is 79.9. The second-order valence-corrected chi connectivity index (χ2v) is 12.8. The maximum atomic E-state index is 13.1. The number of hydrogen-bond acceptors (Lipinski definition) is 4. The van der Waals surface area contributed by atoms with Gasteiger partial charge < -0.3 is 19.7 Å². The van der Waals surface area contributed by atoms with Crippen molar-refractivity contribution in [1.29, 1.82) is 0 Å². The summed E-state index contributed by atoms with van der Waals surface area (Å²) in [7, 11) is 0. The molecule has 1 saturated heterocycles. The van der Waals surface area contributed by atoms with Crippen molar-refractivity contribution in [2.45, 2.75) is 87.4 Å². The third kappa shape index (κ3) is 4.12. The monoisotopic (exact) mass is 580 g/mol. The molecule has 6 atom stereocenters. The molecule has 1 heterocycles. The van der Waals surface area contributed by atoms with Crippen LogP contribution in [0.5, 0.6) is 0 Å². The predicted octanol–water partition coefficient (Wildman–Crippen LogP) is 6.01. The smallest absolute Gasteiger partial charge is 0.385 e. The van der Waals surface area contributed by atoms with E-state index in [1.54, 1.807) is 0 Å². The van der Waals surface area contributed by atoms with Gasteiger partial charge in [-0.2, -0.15) is 13.2 Å². The molecule has 4 aliphatic carbocycles. The molecule has 5 aliphatic rings. The Kier molecular flexibility index (Phi) is 5.99. The molecule has 0 amide bonds. The maximum Gasteiger partial charge on any atom is 0.457 e. The molecule has 1 aromatic rings. The molecule has 1 aliphatic heterocycles. The van der Waals surface area contributed by atoms with Crippen LogP contribution >= 0.6 is 15.9 Å². The van der Waals surface area contributed by atoms with Gasteiger partial charge in [0, 0.05) is 34.6 Å². The summed E-state index contributed by atoms with van der Waals surface area (Å²) in [6.45, 7) is 2.99. The van der Waals surface area contributed by atoms with E-state index in [9.17, 15) is 23.4 Å². The van der Waals surface area contributed by atoms with Crippen molar-refractivity contribution in [1.82, 2.24) is 0 Å². The fraction of sp³-hybridized carbons (Fsp3) is 0.655. The first-order chi connectivity index (χ1) is 17.4. The molecule has 3 saturated carbocycles. The molecule has 0 aromatic heterocycles. The number of hydrogen-bond donors (Lipinski definition) is 2. The lowest BCUT2D eigenvalue weighted by molar-refractivity contribution is -0.208. The molecule has 200 valence electrons. The van der Waals surface area contributed by atoms with Crippen LogP contribution in [0.15, 0.2) is 39.9 Å². The van der Waals surface area contributed by atoms with Crippen LogP contribution in [0.25, 0.3) is 0 Å². The van der Waals surface area contributed by atoms with Crippen molar-refractivity contribution in [2.75, 3.05) is 13.2 Å². The summed E-state index contributed by atoms with van der Waals surface area (Å²) in [5.41, 5.74) is -0.222. The van der Waals surface area contributed by atoms with Gasteiger partial charge in [0.2, 0.25) is 0 Å². The van der Waals surface area contributed by atoms with Crippen LogP contribution in [-0.2, 0) is 9.47 Å². The van der Waals surface area contributed by atoms with Gasteiger partial charge in [-0.1, -0.05) is 46.5 Å². The molecule has 0 bridgehead atoms. The Morgan fingerprint density at radius 3 is 2.41 bits per heavy atom. The topological polar surface area (TPSA) is 58.9 Å². The lowest BCUT2D eigenvalue weighted by atomic mass is 9.49. The summed E-state index contributed by atoms with van der Waals surface area (Å²) in [5.74, 6) is 2.88. The number of halogens is 4. The minimum atomic E-state index is -4.65. The molecule has 4 nitrogen and oxygen atoms in total. The van der Waals surface area contributed by atoms with E-state index in [2.05, 4.69) is 21.9 Å². The van der Waals surface area contributed by atoms with Crippen LogP contribution in [0.2, 0.25) is 0 Å². The Labute approximate surface area is 223 Å². The summed E-state index contributed by atoms with van der Waals surface area (Å²) < 4.78 is 52.1. The van der Waals surface area contributed by atoms with Gasteiger partial charge in [0.05, 0.1) is 18.8 Å². The van der Waals surface area contributed by atoms with Crippen molar-refractivity contribution in [2.24, 2.45) is 17.3 Å². The first-order valence-electron chi connectivity index (χ1n) is 13.2. The summed E-state index contributed by atoms with van der Waals surface area (Å²) in [6, 6.07) is 8.03. The van der Waals surface area contributed by atoms with E-state index in [0.717, 1.165) is 15.6 Å². The molecule has 1 aromatic carbocycles. The lowest BCUT2D eigenvalue weighted by Gasteiger charge is -2.57. The van der Waals surface area contributed by atoms with Gasteiger partial charge in [-0.15, -0.1) is 0 Å². The molecular formula is C29H32BrF3O4. The second kappa shape index (κ2) is 8.56. The summed E-state index contributed by atoms with van der Waals surface area (Å²) in [5, 5.41) is 23.7. The van der Waals surface area contributed by atoms with Gasteiger partial charge >= 0.3 is 6.18 Å². The number of rotatable bonds is 1. The highest BCUT2D eigenvalue weighted by Crippen LogP contribution is 2.67. The van der Waals surface area contributed by atoms with Gasteiger partial charge in [-0.3, -0.25) is 0 Å². The third-order valence-electron chi connectivity index (χ3n) is 10.1. The average Bonchev–Trinajstić information content (AvgIpc) is 3.38. The molecule has 1 spiro atoms. The van der Waals surface area contributed by atoms with Gasteiger partial charge in [-0.05, 0) is 73.6 Å². The molecule has 8 heteroatoms. The fourth-order valence-corrected chi connectivity index (χ4v) is 8.66. The van der Waals surface area contributed by atoms with Crippen LogP contribution in [0, 0.1) is 29.1 Å².